The van der Waals surface area contributed by atoms with E-state index in [1.807, 2.05) is 20.8 Å². The summed E-state index contributed by atoms with van der Waals surface area (Å²) in [6.45, 7) is 5.58. The Labute approximate surface area is 111 Å². The average molecular weight is 270 g/mol. The molecule has 106 valence electrons. The van der Waals surface area contributed by atoms with Crippen LogP contribution in [0.25, 0.3) is 0 Å². The molecule has 1 aliphatic heterocycles. The zero-order valence-corrected chi connectivity index (χ0v) is 11.4. The number of amides is 1. The monoisotopic (exact) mass is 270 g/mol. The fourth-order valence-corrected chi connectivity index (χ4v) is 2.09. The number of carbonyl (C=O) groups is 1. The number of nitrogens with zero attached hydrogens (tertiary/aromatic N) is 4. The lowest BCUT2D eigenvalue weighted by Crippen LogP contribution is -2.38. The predicted molar refractivity (Wildman–Crippen MR) is 66.4 cm³/mol. The molecule has 1 aromatic heterocycles. The number of likely N-dealkylation sites (tertiary alicyclic amines) is 1. The second-order valence-corrected chi connectivity index (χ2v) is 5.81. The number of rotatable bonds is 2. The molecule has 0 bridgehead atoms. The van der Waals surface area contributed by atoms with Crippen molar-refractivity contribution in [1.29, 1.82) is 0 Å². The van der Waals surface area contributed by atoms with Gasteiger partial charge >= 0.3 is 0 Å². The number of carbonyl (C=O) groups excluding carboxylic acids is 1. The van der Waals surface area contributed by atoms with Gasteiger partial charge in [0.1, 0.15) is 12.5 Å². The van der Waals surface area contributed by atoms with Crippen LogP contribution < -0.4 is 0 Å². The third kappa shape index (κ3) is 2.75. The highest BCUT2D eigenvalue weighted by molar-refractivity contribution is 5.90. The number of halogens is 1. The molecule has 2 rings (SSSR count). The summed E-state index contributed by atoms with van der Waals surface area (Å²) in [5, 5.41) is 13.3. The Balaban J connectivity index is 2.18. The highest BCUT2D eigenvalue weighted by atomic mass is 19.1. The third-order valence-electron chi connectivity index (χ3n) is 3.21. The Morgan fingerprint density at radius 1 is 1.58 bits per heavy atom. The maximum atomic E-state index is 13.3. The van der Waals surface area contributed by atoms with Crippen LogP contribution in [-0.4, -0.2) is 56.0 Å². The van der Waals surface area contributed by atoms with Gasteiger partial charge in [-0.25, -0.2) is 14.1 Å². The summed E-state index contributed by atoms with van der Waals surface area (Å²) in [6, 6.07) is -0.482. The molecule has 2 unspecified atom stereocenters. The molecule has 1 saturated heterocycles. The molecule has 1 aromatic rings. The second-order valence-electron chi connectivity index (χ2n) is 5.81. The smallest absolute Gasteiger partial charge is 0.293 e. The third-order valence-corrected chi connectivity index (χ3v) is 3.21. The van der Waals surface area contributed by atoms with Crippen LogP contribution in [0, 0.1) is 0 Å². The van der Waals surface area contributed by atoms with Gasteiger partial charge < -0.3 is 10.0 Å². The molecule has 0 aromatic carbocycles. The lowest BCUT2D eigenvalue weighted by atomic mass is 10.1. The Kier molecular flexibility index (Phi) is 3.58. The van der Waals surface area contributed by atoms with Crippen molar-refractivity contribution in [2.45, 2.75) is 44.9 Å². The van der Waals surface area contributed by atoms with Crippen LogP contribution in [0.15, 0.2) is 6.33 Å². The Morgan fingerprint density at radius 3 is 2.79 bits per heavy atom. The molecular weight excluding hydrogens is 251 g/mol. The van der Waals surface area contributed by atoms with Gasteiger partial charge in [0.15, 0.2) is 0 Å². The van der Waals surface area contributed by atoms with Crippen LogP contribution in [0.5, 0.6) is 0 Å². The van der Waals surface area contributed by atoms with Crippen LogP contribution >= 0.6 is 0 Å². The predicted octanol–water partition coefficient (Wildman–Crippen LogP) is 0.578. The van der Waals surface area contributed by atoms with E-state index in [-0.39, 0.29) is 30.9 Å². The van der Waals surface area contributed by atoms with Crippen LogP contribution in [0.3, 0.4) is 0 Å². The molecule has 19 heavy (non-hydrogen) atoms. The van der Waals surface area contributed by atoms with Crippen molar-refractivity contribution < 1.29 is 14.3 Å². The van der Waals surface area contributed by atoms with E-state index in [9.17, 15) is 14.3 Å². The summed E-state index contributed by atoms with van der Waals surface area (Å²) < 4.78 is 14.9. The average Bonchev–Trinajstić information content (AvgIpc) is 2.93. The van der Waals surface area contributed by atoms with Crippen LogP contribution in [0.2, 0.25) is 0 Å². The first-order valence-corrected chi connectivity index (χ1v) is 6.31. The summed E-state index contributed by atoms with van der Waals surface area (Å²) in [5.41, 5.74) is -0.268. The van der Waals surface area contributed by atoms with Crippen molar-refractivity contribution in [3.63, 3.8) is 0 Å². The van der Waals surface area contributed by atoms with E-state index in [0.29, 0.717) is 0 Å². The van der Waals surface area contributed by atoms with Gasteiger partial charge in [-0.2, -0.15) is 0 Å². The van der Waals surface area contributed by atoms with Gasteiger partial charge in [-0.3, -0.25) is 4.79 Å². The first-order chi connectivity index (χ1) is 8.82. The molecule has 1 aliphatic rings. The first kappa shape index (κ1) is 13.9. The molecule has 1 fully saturated rings. The maximum Gasteiger partial charge on any atom is 0.293 e. The minimum atomic E-state index is -1.09. The van der Waals surface area contributed by atoms with E-state index in [1.54, 1.807) is 4.68 Å². The molecule has 0 aliphatic carbocycles. The minimum absolute atomic E-state index is 0.00584. The van der Waals surface area contributed by atoms with Gasteiger partial charge in [-0.05, 0) is 20.8 Å². The maximum absolute atomic E-state index is 13.3. The normalized spacial score (nSPS) is 23.9. The highest BCUT2D eigenvalue weighted by Crippen LogP contribution is 2.22. The van der Waals surface area contributed by atoms with Gasteiger partial charge in [0.25, 0.3) is 5.91 Å². The van der Waals surface area contributed by atoms with E-state index in [0.717, 1.165) is 0 Å². The van der Waals surface area contributed by atoms with Crippen LogP contribution in [0.1, 0.15) is 37.8 Å². The van der Waals surface area contributed by atoms with E-state index < -0.39 is 18.1 Å². The zero-order valence-electron chi connectivity index (χ0n) is 11.4. The molecular formula is C12H19FN4O2. The summed E-state index contributed by atoms with van der Waals surface area (Å²) in [5.74, 6) is -0.385. The standard InChI is InChI=1S/C12H19FN4O2/c1-12(2,3)17-7-14-10(15-17)11(19)16-5-8(13)4-9(16)6-18/h7-9,18H,4-6H2,1-3H3. The minimum Gasteiger partial charge on any atom is -0.394 e. The number of hydrogen-bond acceptors (Lipinski definition) is 4. The summed E-state index contributed by atoms with van der Waals surface area (Å²) >= 11 is 0. The van der Waals surface area contributed by atoms with E-state index >= 15 is 0 Å². The second kappa shape index (κ2) is 4.88. The largest absolute Gasteiger partial charge is 0.394 e. The van der Waals surface area contributed by atoms with Crippen molar-refractivity contribution in [2.75, 3.05) is 13.2 Å². The number of alkyl halides is 1. The Bertz CT molecular complexity index is 469. The van der Waals surface area contributed by atoms with E-state index in [4.69, 9.17) is 0 Å². The van der Waals surface area contributed by atoms with Crippen molar-refractivity contribution in [3.8, 4) is 0 Å². The fraction of sp³-hybridized carbons (Fsp3) is 0.750. The quantitative estimate of drug-likeness (QED) is 0.853. The molecule has 0 saturated carbocycles. The SMILES string of the molecule is CC(C)(C)n1cnc(C(=O)N2CC(F)CC2CO)n1. The van der Waals surface area contributed by atoms with Crippen molar-refractivity contribution >= 4 is 5.91 Å². The lowest BCUT2D eigenvalue weighted by Gasteiger charge is -2.21. The van der Waals surface area contributed by atoms with Gasteiger partial charge in [0, 0.05) is 6.42 Å². The van der Waals surface area contributed by atoms with Gasteiger partial charge in [-0.15, -0.1) is 5.10 Å². The zero-order chi connectivity index (χ0) is 14.2. The summed E-state index contributed by atoms with van der Waals surface area (Å²) in [4.78, 5) is 17.5. The first-order valence-electron chi connectivity index (χ1n) is 6.31. The van der Waals surface area contributed by atoms with E-state index in [2.05, 4.69) is 10.1 Å². The molecule has 0 spiro atoms. The molecule has 7 heteroatoms. The van der Waals surface area contributed by atoms with Crippen LogP contribution in [-0.2, 0) is 5.54 Å². The molecule has 0 radical (unpaired) electrons. The van der Waals surface area contributed by atoms with Crippen molar-refractivity contribution in [1.82, 2.24) is 19.7 Å². The number of aromatic nitrogens is 3. The molecule has 6 nitrogen and oxygen atoms in total. The summed E-state index contributed by atoms with van der Waals surface area (Å²) in [6.07, 6.45) is 0.567. The molecule has 1 N–H and O–H groups in total. The fourth-order valence-electron chi connectivity index (χ4n) is 2.09. The van der Waals surface area contributed by atoms with Crippen molar-refractivity contribution in [3.05, 3.63) is 12.2 Å². The number of hydrogen-bond donors (Lipinski definition) is 1. The Hall–Kier alpha value is -1.50. The lowest BCUT2D eigenvalue weighted by molar-refractivity contribution is 0.0659. The number of aliphatic hydroxyl groups is 1. The van der Waals surface area contributed by atoms with Gasteiger partial charge in [-0.1, -0.05) is 0 Å². The molecule has 2 heterocycles. The Morgan fingerprint density at radius 2 is 2.26 bits per heavy atom. The summed E-state index contributed by atoms with van der Waals surface area (Å²) in [7, 11) is 0. The highest BCUT2D eigenvalue weighted by Gasteiger charge is 2.36. The molecule has 1 amide bonds. The topological polar surface area (TPSA) is 71.2 Å². The molecule has 2 atom stereocenters. The van der Waals surface area contributed by atoms with Gasteiger partial charge in [0.05, 0.1) is 24.7 Å². The van der Waals surface area contributed by atoms with Crippen molar-refractivity contribution in [2.24, 2.45) is 0 Å². The van der Waals surface area contributed by atoms with Crippen LogP contribution in [0.4, 0.5) is 4.39 Å². The number of aliphatic hydroxyl groups excluding tert-OH is 1. The van der Waals surface area contributed by atoms with Gasteiger partial charge in [0.2, 0.25) is 5.82 Å². The van der Waals surface area contributed by atoms with E-state index in [1.165, 1.54) is 11.2 Å².